The number of nitrogens with two attached hydrogens (primary N) is 1. The predicted octanol–water partition coefficient (Wildman–Crippen LogP) is 2.73. The molecule has 1 saturated heterocycles. The molecule has 6 nitrogen and oxygen atoms in total. The molecule has 0 spiro atoms. The summed E-state index contributed by atoms with van der Waals surface area (Å²) in [7, 11) is 4.12. The van der Waals surface area contributed by atoms with Crippen LogP contribution in [0.1, 0.15) is 37.3 Å². The zero-order valence-electron chi connectivity index (χ0n) is 17.0. The number of aliphatic imine (C=N–C) groups is 1. The monoisotopic (exact) mass is 487 g/mol. The third-order valence-corrected chi connectivity index (χ3v) is 4.77. The Balaban J connectivity index is 0.00000364. The van der Waals surface area contributed by atoms with Crippen molar-refractivity contribution in [3.63, 3.8) is 0 Å². The first kappa shape index (κ1) is 23.5. The Hall–Kier alpha value is -1.51. The SMILES string of the molecule is CCNC(=NCc1ccc(C)cc1N(C)C)N1CCCC(CC(N)=O)C1.I. The summed E-state index contributed by atoms with van der Waals surface area (Å²) in [6.45, 7) is 7.45. The Morgan fingerprint density at radius 1 is 1.41 bits per heavy atom. The van der Waals surface area contributed by atoms with E-state index in [1.165, 1.54) is 16.8 Å². The van der Waals surface area contributed by atoms with Gasteiger partial charge in [-0.2, -0.15) is 0 Å². The van der Waals surface area contributed by atoms with Crippen molar-refractivity contribution in [3.05, 3.63) is 29.3 Å². The maximum atomic E-state index is 11.3. The number of rotatable bonds is 6. The number of hydrogen-bond acceptors (Lipinski definition) is 3. The van der Waals surface area contributed by atoms with E-state index in [4.69, 9.17) is 10.7 Å². The lowest BCUT2D eigenvalue weighted by Gasteiger charge is -2.34. The Morgan fingerprint density at radius 2 is 2.15 bits per heavy atom. The van der Waals surface area contributed by atoms with Crippen molar-refractivity contribution in [2.24, 2.45) is 16.6 Å². The van der Waals surface area contributed by atoms with E-state index < -0.39 is 0 Å². The largest absolute Gasteiger partial charge is 0.377 e. The number of nitrogens with one attached hydrogen (secondary N) is 1. The molecule has 1 aliphatic heterocycles. The molecule has 1 aromatic carbocycles. The molecule has 1 heterocycles. The summed E-state index contributed by atoms with van der Waals surface area (Å²) < 4.78 is 0. The lowest BCUT2D eigenvalue weighted by atomic mass is 9.95. The Kier molecular flexibility index (Phi) is 9.90. The van der Waals surface area contributed by atoms with Gasteiger partial charge in [0.25, 0.3) is 0 Å². The van der Waals surface area contributed by atoms with Gasteiger partial charge in [-0.1, -0.05) is 12.1 Å². The fraction of sp³-hybridized carbons (Fsp3) is 0.600. The Morgan fingerprint density at radius 3 is 2.78 bits per heavy atom. The zero-order chi connectivity index (χ0) is 19.1. The molecule has 0 aromatic heterocycles. The molecule has 0 aliphatic carbocycles. The van der Waals surface area contributed by atoms with Crippen molar-refractivity contribution in [1.29, 1.82) is 0 Å². The maximum absolute atomic E-state index is 11.3. The van der Waals surface area contributed by atoms with Gasteiger partial charge >= 0.3 is 0 Å². The van der Waals surface area contributed by atoms with Crippen molar-refractivity contribution in [2.75, 3.05) is 38.6 Å². The number of benzene rings is 1. The van der Waals surface area contributed by atoms with Gasteiger partial charge in [-0.3, -0.25) is 4.79 Å². The molecular weight excluding hydrogens is 453 g/mol. The van der Waals surface area contributed by atoms with Crippen LogP contribution in [0.5, 0.6) is 0 Å². The summed E-state index contributed by atoms with van der Waals surface area (Å²) in [6, 6.07) is 6.49. The number of likely N-dealkylation sites (tertiary alicyclic amines) is 1. The van der Waals surface area contributed by atoms with Crippen LogP contribution in [0.25, 0.3) is 0 Å². The van der Waals surface area contributed by atoms with Gasteiger partial charge in [0.05, 0.1) is 6.54 Å². The second-order valence-electron chi connectivity index (χ2n) is 7.32. The van der Waals surface area contributed by atoms with Crippen molar-refractivity contribution >= 4 is 41.5 Å². The van der Waals surface area contributed by atoms with Gasteiger partial charge in [0.15, 0.2) is 5.96 Å². The van der Waals surface area contributed by atoms with Gasteiger partial charge in [0, 0.05) is 45.8 Å². The molecule has 1 atom stereocenters. The number of aryl methyl sites for hydroxylation is 1. The van der Waals surface area contributed by atoms with E-state index in [0.717, 1.165) is 38.4 Å². The molecule has 0 bridgehead atoms. The van der Waals surface area contributed by atoms with Crippen molar-refractivity contribution in [1.82, 2.24) is 10.2 Å². The number of anilines is 1. The summed E-state index contributed by atoms with van der Waals surface area (Å²) in [5, 5.41) is 3.40. The first-order valence-electron chi connectivity index (χ1n) is 9.49. The molecule has 1 amide bonds. The van der Waals surface area contributed by atoms with Crippen molar-refractivity contribution in [3.8, 4) is 0 Å². The summed E-state index contributed by atoms with van der Waals surface area (Å²) in [5.74, 6) is 1.03. The number of carbonyl (C=O) groups is 1. The summed E-state index contributed by atoms with van der Waals surface area (Å²) >= 11 is 0. The third-order valence-electron chi connectivity index (χ3n) is 4.77. The second-order valence-corrected chi connectivity index (χ2v) is 7.32. The molecule has 1 unspecified atom stereocenters. The van der Waals surface area contributed by atoms with Crippen molar-refractivity contribution in [2.45, 2.75) is 39.7 Å². The van der Waals surface area contributed by atoms with E-state index in [2.05, 4.69) is 61.3 Å². The van der Waals surface area contributed by atoms with Gasteiger partial charge in [-0.15, -0.1) is 24.0 Å². The second kappa shape index (κ2) is 11.4. The minimum Gasteiger partial charge on any atom is -0.377 e. The van der Waals surface area contributed by atoms with Crippen LogP contribution >= 0.6 is 24.0 Å². The number of hydrogen-bond donors (Lipinski definition) is 2. The first-order chi connectivity index (χ1) is 12.4. The molecule has 27 heavy (non-hydrogen) atoms. The van der Waals surface area contributed by atoms with Crippen LogP contribution in [-0.2, 0) is 11.3 Å². The molecule has 3 N–H and O–H groups in total. The maximum Gasteiger partial charge on any atom is 0.217 e. The highest BCUT2D eigenvalue weighted by molar-refractivity contribution is 14.0. The highest BCUT2D eigenvalue weighted by Gasteiger charge is 2.23. The van der Waals surface area contributed by atoms with Crippen LogP contribution in [-0.4, -0.2) is 50.5 Å². The number of nitrogens with zero attached hydrogens (tertiary/aromatic N) is 3. The molecule has 152 valence electrons. The number of primary amides is 1. The first-order valence-corrected chi connectivity index (χ1v) is 9.49. The fourth-order valence-electron chi connectivity index (χ4n) is 3.52. The van der Waals surface area contributed by atoms with Gasteiger partial charge in [0.1, 0.15) is 0 Å². The van der Waals surface area contributed by atoms with Gasteiger partial charge in [-0.25, -0.2) is 4.99 Å². The predicted molar refractivity (Wildman–Crippen MR) is 124 cm³/mol. The number of carbonyl (C=O) groups excluding carboxylic acids is 1. The van der Waals surface area contributed by atoms with Crippen LogP contribution < -0.4 is 16.0 Å². The number of halogens is 1. The summed E-state index contributed by atoms with van der Waals surface area (Å²) in [4.78, 5) is 20.5. The van der Waals surface area contributed by atoms with Crippen LogP contribution in [0.3, 0.4) is 0 Å². The third kappa shape index (κ3) is 7.20. The lowest BCUT2D eigenvalue weighted by Crippen LogP contribution is -2.47. The molecule has 1 fully saturated rings. The van der Waals surface area contributed by atoms with Gasteiger partial charge in [0.2, 0.25) is 5.91 Å². The Bertz CT molecular complexity index is 647. The molecule has 0 radical (unpaired) electrons. The topological polar surface area (TPSA) is 74.0 Å². The standard InChI is InChI=1S/C20H33N5O.HI/c1-5-22-20(25-10-6-7-16(14-25)12-19(21)26)23-13-17-9-8-15(2)11-18(17)24(3)4;/h8-9,11,16H,5-7,10,12-14H2,1-4H3,(H2,21,26)(H,22,23);1H. The zero-order valence-corrected chi connectivity index (χ0v) is 19.3. The van der Waals surface area contributed by atoms with E-state index in [9.17, 15) is 4.79 Å². The summed E-state index contributed by atoms with van der Waals surface area (Å²) in [6.07, 6.45) is 2.58. The summed E-state index contributed by atoms with van der Waals surface area (Å²) in [5.41, 5.74) is 9.05. The normalized spacial score (nSPS) is 17.3. The molecule has 2 rings (SSSR count). The smallest absolute Gasteiger partial charge is 0.217 e. The fourth-order valence-corrected chi connectivity index (χ4v) is 3.52. The van der Waals surface area contributed by atoms with Crippen molar-refractivity contribution < 1.29 is 4.79 Å². The van der Waals surface area contributed by atoms with E-state index in [0.29, 0.717) is 18.9 Å². The van der Waals surface area contributed by atoms with Gasteiger partial charge < -0.3 is 20.9 Å². The molecular formula is C20H34IN5O. The number of guanidine groups is 1. The molecule has 1 aromatic rings. The average Bonchev–Trinajstić information content (AvgIpc) is 2.59. The van der Waals surface area contributed by atoms with E-state index in [1.54, 1.807) is 0 Å². The van der Waals surface area contributed by atoms with Gasteiger partial charge in [-0.05, 0) is 49.8 Å². The molecule has 0 saturated carbocycles. The van der Waals surface area contributed by atoms with Crippen LogP contribution in [0.15, 0.2) is 23.2 Å². The highest BCUT2D eigenvalue weighted by Crippen LogP contribution is 2.22. The number of amides is 1. The van der Waals surface area contributed by atoms with Crippen LogP contribution in [0.4, 0.5) is 5.69 Å². The highest BCUT2D eigenvalue weighted by atomic mass is 127. The minimum absolute atomic E-state index is 0. The van der Waals surface area contributed by atoms with Crippen LogP contribution in [0.2, 0.25) is 0 Å². The molecule has 1 aliphatic rings. The Labute approximate surface area is 180 Å². The molecule has 7 heteroatoms. The minimum atomic E-state index is -0.214. The lowest BCUT2D eigenvalue weighted by molar-refractivity contribution is -0.119. The quantitative estimate of drug-likeness (QED) is 0.368. The van der Waals surface area contributed by atoms with Crippen LogP contribution in [0, 0.1) is 12.8 Å². The average molecular weight is 487 g/mol. The van der Waals surface area contributed by atoms with E-state index in [1.807, 2.05) is 0 Å². The van der Waals surface area contributed by atoms with E-state index in [-0.39, 0.29) is 29.9 Å². The van der Waals surface area contributed by atoms with E-state index >= 15 is 0 Å². The number of piperidine rings is 1.